The van der Waals surface area contributed by atoms with Crippen molar-refractivity contribution in [2.45, 2.75) is 51.2 Å². The Morgan fingerprint density at radius 3 is 2.40 bits per heavy atom. The molecule has 2 N–H and O–H groups in total. The summed E-state index contributed by atoms with van der Waals surface area (Å²) in [4.78, 5) is 11.4. The van der Waals surface area contributed by atoms with Crippen LogP contribution in [0.5, 0.6) is 0 Å². The Hall–Kier alpha value is -0.610. The molecule has 4 nitrogen and oxygen atoms in total. The fourth-order valence-electron chi connectivity index (χ4n) is 2.57. The summed E-state index contributed by atoms with van der Waals surface area (Å²) in [6, 6.07) is 0. The summed E-state index contributed by atoms with van der Waals surface area (Å²) in [6.45, 7) is 1.93. The van der Waals surface area contributed by atoms with Gasteiger partial charge in [-0.15, -0.1) is 0 Å². The zero-order chi connectivity index (χ0) is 11.5. The van der Waals surface area contributed by atoms with E-state index in [0.29, 0.717) is 32.1 Å². The normalized spacial score (nSPS) is 33.7. The molecule has 0 bridgehead atoms. The molecule has 1 saturated carbocycles. The van der Waals surface area contributed by atoms with Gasteiger partial charge in [-0.1, -0.05) is 6.92 Å². The van der Waals surface area contributed by atoms with Gasteiger partial charge >= 0.3 is 5.97 Å². The van der Waals surface area contributed by atoms with Crippen LogP contribution in [0.2, 0.25) is 0 Å². The Morgan fingerprint density at radius 2 is 2.07 bits per heavy atom. The predicted molar refractivity (Wildman–Crippen MR) is 55.6 cm³/mol. The average molecular weight is 216 g/mol. The number of aliphatic carboxylic acids is 1. The van der Waals surface area contributed by atoms with E-state index in [4.69, 9.17) is 4.74 Å². The van der Waals surface area contributed by atoms with Crippen LogP contribution in [0.1, 0.15) is 39.0 Å². The first-order chi connectivity index (χ1) is 7.06. The van der Waals surface area contributed by atoms with Crippen LogP contribution in [0, 0.1) is 5.41 Å². The van der Waals surface area contributed by atoms with Crippen LogP contribution in [-0.4, -0.2) is 35.5 Å². The number of hydrogen-bond acceptors (Lipinski definition) is 3. The number of carboxylic acids is 1. The smallest absolute Gasteiger partial charge is 0.312 e. The van der Waals surface area contributed by atoms with Gasteiger partial charge in [-0.25, -0.2) is 0 Å². The molecule has 88 valence electrons. The van der Waals surface area contributed by atoms with Crippen LogP contribution >= 0.6 is 0 Å². The maximum atomic E-state index is 11.4. The molecule has 1 fully saturated rings. The van der Waals surface area contributed by atoms with Gasteiger partial charge in [0.1, 0.15) is 0 Å². The predicted octanol–water partition coefficient (Wildman–Crippen LogP) is 1.42. The minimum absolute atomic E-state index is 0.248. The van der Waals surface area contributed by atoms with Gasteiger partial charge < -0.3 is 14.9 Å². The van der Waals surface area contributed by atoms with Crippen LogP contribution in [0.15, 0.2) is 0 Å². The second-order valence-corrected chi connectivity index (χ2v) is 4.33. The summed E-state index contributed by atoms with van der Waals surface area (Å²) in [5.74, 6) is -0.789. The molecule has 1 rings (SSSR count). The second kappa shape index (κ2) is 4.94. The molecule has 1 aliphatic carbocycles. The molecule has 0 heterocycles. The average Bonchev–Trinajstić information content (AvgIpc) is 2.22. The Bertz CT molecular complexity index is 215. The highest BCUT2D eigenvalue weighted by molar-refractivity contribution is 5.75. The summed E-state index contributed by atoms with van der Waals surface area (Å²) in [5.41, 5.74) is -0.789. The van der Waals surface area contributed by atoms with E-state index in [1.165, 1.54) is 0 Å². The van der Waals surface area contributed by atoms with E-state index in [0.717, 1.165) is 0 Å². The summed E-state index contributed by atoms with van der Waals surface area (Å²) in [5, 5.41) is 18.8. The number of methoxy groups -OCH3 is 1. The van der Waals surface area contributed by atoms with E-state index < -0.39 is 11.4 Å². The molecule has 15 heavy (non-hydrogen) atoms. The van der Waals surface area contributed by atoms with Crippen molar-refractivity contribution in [1.82, 2.24) is 0 Å². The highest BCUT2D eigenvalue weighted by Crippen LogP contribution is 2.41. The van der Waals surface area contributed by atoms with E-state index in [1.807, 2.05) is 6.92 Å². The molecule has 0 aliphatic heterocycles. The first-order valence-electron chi connectivity index (χ1n) is 5.51. The molecule has 0 saturated heterocycles. The van der Waals surface area contributed by atoms with Gasteiger partial charge in [0, 0.05) is 7.11 Å². The lowest BCUT2D eigenvalue weighted by Gasteiger charge is -2.40. The van der Waals surface area contributed by atoms with Crippen LogP contribution in [-0.2, 0) is 9.53 Å². The first kappa shape index (κ1) is 12.5. The van der Waals surface area contributed by atoms with Gasteiger partial charge in [0.25, 0.3) is 0 Å². The SMILES string of the molecule is CCC(OC)C1(C(=O)O)CCC(O)CC1. The number of rotatable bonds is 4. The van der Waals surface area contributed by atoms with Crippen molar-refractivity contribution in [3.05, 3.63) is 0 Å². The second-order valence-electron chi connectivity index (χ2n) is 4.33. The van der Waals surface area contributed by atoms with Gasteiger partial charge in [-0.2, -0.15) is 0 Å². The molecule has 4 heteroatoms. The fourth-order valence-corrected chi connectivity index (χ4v) is 2.57. The van der Waals surface area contributed by atoms with Crippen molar-refractivity contribution < 1.29 is 19.7 Å². The molecule has 1 aliphatic rings. The third kappa shape index (κ3) is 2.32. The summed E-state index contributed by atoms with van der Waals surface area (Å²) >= 11 is 0. The molecule has 1 unspecified atom stereocenters. The number of ether oxygens (including phenoxy) is 1. The number of carboxylic acid groups (broad SMARTS) is 1. The third-order valence-corrected chi connectivity index (χ3v) is 3.54. The number of carbonyl (C=O) groups is 1. The van der Waals surface area contributed by atoms with Crippen LogP contribution < -0.4 is 0 Å². The monoisotopic (exact) mass is 216 g/mol. The van der Waals surface area contributed by atoms with Crippen molar-refractivity contribution in [2.24, 2.45) is 5.41 Å². The van der Waals surface area contributed by atoms with Crippen molar-refractivity contribution in [2.75, 3.05) is 7.11 Å². The Kier molecular flexibility index (Phi) is 4.11. The van der Waals surface area contributed by atoms with E-state index in [-0.39, 0.29) is 12.2 Å². The standard InChI is InChI=1S/C11H20O4/c1-3-9(15-2)11(10(13)14)6-4-8(12)5-7-11/h8-9,12H,3-7H2,1-2H3,(H,13,14). The molecule has 0 spiro atoms. The van der Waals surface area contributed by atoms with Crippen molar-refractivity contribution >= 4 is 5.97 Å². The van der Waals surface area contributed by atoms with E-state index in [9.17, 15) is 15.0 Å². The van der Waals surface area contributed by atoms with Gasteiger partial charge in [-0.05, 0) is 32.1 Å². The topological polar surface area (TPSA) is 66.8 Å². The van der Waals surface area contributed by atoms with Crippen LogP contribution in [0.4, 0.5) is 0 Å². The molecule has 0 amide bonds. The molecule has 0 aromatic carbocycles. The van der Waals surface area contributed by atoms with Crippen molar-refractivity contribution in [1.29, 1.82) is 0 Å². The molecular weight excluding hydrogens is 196 g/mol. The Balaban J connectivity index is 2.83. The Morgan fingerprint density at radius 1 is 1.53 bits per heavy atom. The van der Waals surface area contributed by atoms with Crippen LogP contribution in [0.25, 0.3) is 0 Å². The van der Waals surface area contributed by atoms with E-state index >= 15 is 0 Å². The van der Waals surface area contributed by atoms with Gasteiger partial charge in [0.15, 0.2) is 0 Å². The van der Waals surface area contributed by atoms with E-state index in [2.05, 4.69) is 0 Å². The summed E-state index contributed by atoms with van der Waals surface area (Å²) in [6.07, 6.45) is 2.25. The molecule has 0 aromatic rings. The Labute approximate surface area is 90.2 Å². The largest absolute Gasteiger partial charge is 0.481 e. The fraction of sp³-hybridized carbons (Fsp3) is 0.909. The van der Waals surface area contributed by atoms with Gasteiger partial charge in [0.2, 0.25) is 0 Å². The zero-order valence-electron chi connectivity index (χ0n) is 9.40. The van der Waals surface area contributed by atoms with Crippen molar-refractivity contribution in [3.8, 4) is 0 Å². The van der Waals surface area contributed by atoms with Gasteiger partial charge in [-0.3, -0.25) is 4.79 Å². The first-order valence-corrected chi connectivity index (χ1v) is 5.51. The lowest BCUT2D eigenvalue weighted by molar-refractivity contribution is -0.164. The number of hydrogen-bond donors (Lipinski definition) is 2. The number of aliphatic hydroxyl groups excluding tert-OH is 1. The maximum absolute atomic E-state index is 11.4. The zero-order valence-corrected chi connectivity index (χ0v) is 9.40. The summed E-state index contributed by atoms with van der Waals surface area (Å²) in [7, 11) is 1.56. The number of aliphatic hydroxyl groups is 1. The van der Waals surface area contributed by atoms with Gasteiger partial charge in [0.05, 0.1) is 17.6 Å². The summed E-state index contributed by atoms with van der Waals surface area (Å²) < 4.78 is 5.28. The minimum atomic E-state index is -0.789. The molecule has 0 aromatic heterocycles. The van der Waals surface area contributed by atoms with Crippen molar-refractivity contribution in [3.63, 3.8) is 0 Å². The highest BCUT2D eigenvalue weighted by Gasteiger charge is 2.47. The molecule has 0 radical (unpaired) electrons. The molecule has 1 atom stereocenters. The lowest BCUT2D eigenvalue weighted by atomic mass is 9.68. The molecular formula is C11H20O4. The maximum Gasteiger partial charge on any atom is 0.312 e. The van der Waals surface area contributed by atoms with Crippen LogP contribution in [0.3, 0.4) is 0 Å². The minimum Gasteiger partial charge on any atom is -0.481 e. The third-order valence-electron chi connectivity index (χ3n) is 3.54. The highest BCUT2D eigenvalue weighted by atomic mass is 16.5. The van der Waals surface area contributed by atoms with E-state index in [1.54, 1.807) is 7.11 Å². The lowest BCUT2D eigenvalue weighted by Crippen LogP contribution is -2.46. The quantitative estimate of drug-likeness (QED) is 0.745.